The number of aliphatic imine (C=N–C) groups is 1. The molecule has 0 atom stereocenters. The van der Waals surface area contributed by atoms with Crippen molar-refractivity contribution in [3.05, 3.63) is 71.8 Å². The van der Waals surface area contributed by atoms with E-state index in [9.17, 15) is 0 Å². The first-order valence-electron chi connectivity index (χ1n) is 5.75. The second kappa shape index (κ2) is 6.48. The van der Waals surface area contributed by atoms with Crippen molar-refractivity contribution in [3.8, 4) is 0 Å². The Balaban J connectivity index is 1.72. The summed E-state index contributed by atoms with van der Waals surface area (Å²) in [5, 5.41) is 3.18. The van der Waals surface area contributed by atoms with Gasteiger partial charge in [-0.15, -0.1) is 0 Å². The monoisotopic (exact) mass is 224 g/mol. The standard InChI is InChI=1S/C15H16N2/c1-3-7-14(8-4-1)11-16-13-17-12-15-9-5-2-6-10-15/h1-10,13H,11-12H2,(H,16,17). The molecule has 0 aliphatic carbocycles. The van der Waals surface area contributed by atoms with Crippen molar-refractivity contribution in [2.75, 3.05) is 0 Å². The first-order chi connectivity index (χ1) is 8.45. The van der Waals surface area contributed by atoms with Crippen LogP contribution in [0.15, 0.2) is 65.7 Å². The van der Waals surface area contributed by atoms with Gasteiger partial charge < -0.3 is 5.32 Å². The number of rotatable bonds is 5. The van der Waals surface area contributed by atoms with Crippen LogP contribution >= 0.6 is 0 Å². The fourth-order valence-electron chi connectivity index (χ4n) is 1.56. The second-order valence-corrected chi connectivity index (χ2v) is 3.82. The van der Waals surface area contributed by atoms with E-state index in [0.29, 0.717) is 0 Å². The Labute approximate surface area is 102 Å². The van der Waals surface area contributed by atoms with Gasteiger partial charge in [-0.25, -0.2) is 0 Å². The van der Waals surface area contributed by atoms with E-state index in [-0.39, 0.29) is 0 Å². The van der Waals surface area contributed by atoms with Crippen LogP contribution in [-0.2, 0) is 13.1 Å². The maximum atomic E-state index is 4.32. The minimum atomic E-state index is 0.725. The van der Waals surface area contributed by atoms with Gasteiger partial charge in [0.1, 0.15) is 0 Å². The predicted molar refractivity (Wildman–Crippen MR) is 71.9 cm³/mol. The van der Waals surface area contributed by atoms with Crippen LogP contribution in [-0.4, -0.2) is 6.34 Å². The highest BCUT2D eigenvalue weighted by molar-refractivity contribution is 5.54. The Bertz CT molecular complexity index is 449. The van der Waals surface area contributed by atoms with Gasteiger partial charge in [0, 0.05) is 6.54 Å². The summed E-state index contributed by atoms with van der Waals surface area (Å²) in [5.74, 6) is 0. The normalized spacial score (nSPS) is 10.6. The van der Waals surface area contributed by atoms with E-state index in [2.05, 4.69) is 34.6 Å². The van der Waals surface area contributed by atoms with Crippen LogP contribution in [0, 0.1) is 0 Å². The summed E-state index contributed by atoms with van der Waals surface area (Å²) in [5.41, 5.74) is 2.49. The van der Waals surface area contributed by atoms with Crippen molar-refractivity contribution in [1.82, 2.24) is 5.32 Å². The number of benzene rings is 2. The van der Waals surface area contributed by atoms with Crippen LogP contribution in [0.4, 0.5) is 0 Å². The summed E-state index contributed by atoms with van der Waals surface area (Å²) in [6.07, 6.45) is 1.78. The molecule has 2 heteroatoms. The maximum Gasteiger partial charge on any atom is 0.0830 e. The Morgan fingerprint density at radius 2 is 1.41 bits per heavy atom. The lowest BCUT2D eigenvalue weighted by atomic mass is 10.2. The highest BCUT2D eigenvalue weighted by Crippen LogP contribution is 1.99. The van der Waals surface area contributed by atoms with Gasteiger partial charge in [-0.1, -0.05) is 60.7 Å². The number of hydrogen-bond donors (Lipinski definition) is 1. The molecular formula is C15H16N2. The van der Waals surface area contributed by atoms with Gasteiger partial charge in [0.15, 0.2) is 0 Å². The van der Waals surface area contributed by atoms with Crippen molar-refractivity contribution in [3.63, 3.8) is 0 Å². The SMILES string of the molecule is C(=N\Cc1ccccc1)/NCc1ccccc1. The molecule has 0 aliphatic heterocycles. The summed E-state index contributed by atoms with van der Waals surface area (Å²) >= 11 is 0. The first kappa shape index (κ1) is 11.4. The maximum absolute atomic E-state index is 4.32. The molecule has 1 N–H and O–H groups in total. The number of nitrogens with zero attached hydrogens (tertiary/aromatic N) is 1. The quantitative estimate of drug-likeness (QED) is 0.612. The largest absolute Gasteiger partial charge is 0.372 e. The third kappa shape index (κ3) is 4.11. The molecule has 0 aliphatic rings. The zero-order chi connectivity index (χ0) is 11.8. The highest BCUT2D eigenvalue weighted by Gasteiger charge is 1.88. The lowest BCUT2D eigenvalue weighted by Gasteiger charge is -2.00. The summed E-state index contributed by atoms with van der Waals surface area (Å²) in [6.45, 7) is 1.54. The minimum absolute atomic E-state index is 0.725. The molecule has 0 saturated carbocycles. The molecule has 0 fully saturated rings. The molecule has 0 spiro atoms. The van der Waals surface area contributed by atoms with Gasteiger partial charge in [0.2, 0.25) is 0 Å². The molecule has 0 radical (unpaired) electrons. The third-order valence-electron chi connectivity index (χ3n) is 2.45. The van der Waals surface area contributed by atoms with E-state index in [1.165, 1.54) is 11.1 Å². The molecule has 0 unspecified atom stereocenters. The molecule has 0 saturated heterocycles. The van der Waals surface area contributed by atoms with Gasteiger partial charge in [0.05, 0.1) is 12.9 Å². The van der Waals surface area contributed by atoms with E-state index in [1.807, 2.05) is 36.4 Å². The lowest BCUT2D eigenvalue weighted by Crippen LogP contribution is -2.10. The molecule has 0 bridgehead atoms. The molecule has 0 aromatic heterocycles. The molecular weight excluding hydrogens is 208 g/mol. The molecule has 0 heterocycles. The van der Waals surface area contributed by atoms with Crippen molar-refractivity contribution < 1.29 is 0 Å². The van der Waals surface area contributed by atoms with E-state index in [4.69, 9.17) is 0 Å². The smallest absolute Gasteiger partial charge is 0.0830 e. The fraction of sp³-hybridized carbons (Fsp3) is 0.133. The molecule has 0 amide bonds. The van der Waals surface area contributed by atoms with Crippen LogP contribution in [0.3, 0.4) is 0 Å². The van der Waals surface area contributed by atoms with Gasteiger partial charge in [-0.2, -0.15) is 0 Å². The molecule has 17 heavy (non-hydrogen) atoms. The fourth-order valence-corrected chi connectivity index (χ4v) is 1.56. The van der Waals surface area contributed by atoms with Crippen LogP contribution in [0.2, 0.25) is 0 Å². The summed E-state index contributed by atoms with van der Waals surface area (Å²) < 4.78 is 0. The van der Waals surface area contributed by atoms with Crippen molar-refractivity contribution in [2.45, 2.75) is 13.1 Å². The molecule has 2 aromatic carbocycles. The van der Waals surface area contributed by atoms with Crippen molar-refractivity contribution in [1.29, 1.82) is 0 Å². The molecule has 2 rings (SSSR count). The minimum Gasteiger partial charge on any atom is -0.372 e. The second-order valence-electron chi connectivity index (χ2n) is 3.82. The third-order valence-corrected chi connectivity index (χ3v) is 2.45. The Morgan fingerprint density at radius 3 is 2.06 bits per heavy atom. The predicted octanol–water partition coefficient (Wildman–Crippen LogP) is 3.00. The highest BCUT2D eigenvalue weighted by atomic mass is 14.9. The molecule has 86 valence electrons. The van der Waals surface area contributed by atoms with Crippen LogP contribution in [0.5, 0.6) is 0 Å². The molecule has 2 aromatic rings. The van der Waals surface area contributed by atoms with Crippen molar-refractivity contribution in [2.24, 2.45) is 4.99 Å². The van der Waals surface area contributed by atoms with E-state index in [1.54, 1.807) is 6.34 Å². The van der Waals surface area contributed by atoms with Gasteiger partial charge in [-0.3, -0.25) is 4.99 Å². The summed E-state index contributed by atoms with van der Waals surface area (Å²) in [4.78, 5) is 4.32. The lowest BCUT2D eigenvalue weighted by molar-refractivity contribution is 0.917. The molecule has 2 nitrogen and oxygen atoms in total. The van der Waals surface area contributed by atoms with E-state index < -0.39 is 0 Å². The van der Waals surface area contributed by atoms with Gasteiger partial charge in [-0.05, 0) is 11.1 Å². The number of nitrogens with one attached hydrogen (secondary N) is 1. The Kier molecular flexibility index (Phi) is 4.35. The van der Waals surface area contributed by atoms with Gasteiger partial charge in [0.25, 0.3) is 0 Å². The van der Waals surface area contributed by atoms with E-state index in [0.717, 1.165) is 13.1 Å². The van der Waals surface area contributed by atoms with Crippen LogP contribution < -0.4 is 5.32 Å². The summed E-state index contributed by atoms with van der Waals surface area (Å²) in [6, 6.07) is 20.5. The van der Waals surface area contributed by atoms with Gasteiger partial charge >= 0.3 is 0 Å². The van der Waals surface area contributed by atoms with E-state index >= 15 is 0 Å². The van der Waals surface area contributed by atoms with Crippen LogP contribution in [0.25, 0.3) is 0 Å². The zero-order valence-corrected chi connectivity index (χ0v) is 9.71. The Morgan fingerprint density at radius 1 is 0.824 bits per heavy atom. The topological polar surface area (TPSA) is 24.4 Å². The Hall–Kier alpha value is -2.09. The average Bonchev–Trinajstić information content (AvgIpc) is 2.41. The zero-order valence-electron chi connectivity index (χ0n) is 9.71. The summed E-state index contributed by atoms with van der Waals surface area (Å²) in [7, 11) is 0. The number of hydrogen-bond acceptors (Lipinski definition) is 1. The first-order valence-corrected chi connectivity index (χ1v) is 5.75. The van der Waals surface area contributed by atoms with Crippen LogP contribution in [0.1, 0.15) is 11.1 Å². The average molecular weight is 224 g/mol. The van der Waals surface area contributed by atoms with Crippen molar-refractivity contribution >= 4 is 6.34 Å².